The summed E-state index contributed by atoms with van der Waals surface area (Å²) in [5, 5.41) is 5.28. The molecule has 6 nitrogen and oxygen atoms in total. The Morgan fingerprint density at radius 1 is 1.03 bits per heavy atom. The molecule has 0 spiro atoms. The first kappa shape index (κ1) is 23.1. The number of nitrogens with one attached hydrogen (secondary N) is 1. The first-order valence-corrected chi connectivity index (χ1v) is 10.5. The largest absolute Gasteiger partial charge is 0.383 e. The number of hydrogen-bond acceptors (Lipinski definition) is 4. The summed E-state index contributed by atoms with van der Waals surface area (Å²) in [5.41, 5.74) is 3.60. The lowest BCUT2D eigenvalue weighted by Gasteiger charge is -2.21. The molecular formula is C22H20Cl3N3O3. The van der Waals surface area contributed by atoms with Gasteiger partial charge >= 0.3 is 5.97 Å². The van der Waals surface area contributed by atoms with E-state index in [9.17, 15) is 9.59 Å². The standard InChI is InChI=1S/C22H20Cl3N3O3/c1-22(2,3)18-12-17(26-28(18)20-15(24)10-14(23)11-16(20)25)21(30)31-27-19(29)9-13-7-5-4-6-8-13/h4-8,10-12H,9H2,1-3H3,(H,27,29). The van der Waals surface area contributed by atoms with Crippen molar-refractivity contribution in [1.29, 1.82) is 0 Å². The molecule has 0 aliphatic heterocycles. The van der Waals surface area contributed by atoms with Crippen molar-refractivity contribution < 1.29 is 14.4 Å². The van der Waals surface area contributed by atoms with Gasteiger partial charge in [0.1, 0.15) is 5.69 Å². The van der Waals surface area contributed by atoms with E-state index in [2.05, 4.69) is 10.6 Å². The summed E-state index contributed by atoms with van der Waals surface area (Å²) in [4.78, 5) is 29.6. The van der Waals surface area contributed by atoms with Crippen LogP contribution in [0.5, 0.6) is 0 Å². The molecule has 3 aromatic rings. The molecular weight excluding hydrogens is 461 g/mol. The molecule has 3 rings (SSSR count). The van der Waals surface area contributed by atoms with Gasteiger partial charge in [0.05, 0.1) is 22.2 Å². The summed E-state index contributed by atoms with van der Waals surface area (Å²) >= 11 is 18.7. The first-order chi connectivity index (χ1) is 14.6. The normalized spacial score (nSPS) is 11.3. The number of amides is 1. The summed E-state index contributed by atoms with van der Waals surface area (Å²) < 4.78 is 1.49. The molecule has 0 bridgehead atoms. The number of benzene rings is 2. The number of hydrogen-bond donors (Lipinski definition) is 1. The number of carbonyl (C=O) groups is 2. The fraction of sp³-hybridized carbons (Fsp3) is 0.227. The predicted molar refractivity (Wildman–Crippen MR) is 121 cm³/mol. The topological polar surface area (TPSA) is 73.2 Å². The van der Waals surface area contributed by atoms with Crippen molar-refractivity contribution in [2.75, 3.05) is 0 Å². The maximum absolute atomic E-state index is 12.5. The monoisotopic (exact) mass is 479 g/mol. The quantitative estimate of drug-likeness (QED) is 0.496. The highest BCUT2D eigenvalue weighted by Gasteiger charge is 2.27. The zero-order chi connectivity index (χ0) is 22.8. The second kappa shape index (κ2) is 9.30. The summed E-state index contributed by atoms with van der Waals surface area (Å²) in [6.07, 6.45) is 0.0752. The third kappa shape index (κ3) is 5.58. The highest BCUT2D eigenvalue weighted by molar-refractivity contribution is 6.40. The van der Waals surface area contributed by atoms with Gasteiger partial charge in [0.2, 0.25) is 0 Å². The second-order valence-electron chi connectivity index (χ2n) is 7.87. The predicted octanol–water partition coefficient (Wildman–Crippen LogP) is 5.56. The molecule has 1 aromatic heterocycles. The minimum absolute atomic E-state index is 0.00739. The molecule has 0 saturated carbocycles. The SMILES string of the molecule is CC(C)(C)c1cc(C(=O)ONC(=O)Cc2ccccc2)nn1-c1c(Cl)cc(Cl)cc1Cl. The Morgan fingerprint density at radius 3 is 2.23 bits per heavy atom. The van der Waals surface area contributed by atoms with Gasteiger partial charge in [0.15, 0.2) is 5.69 Å². The molecule has 0 unspecified atom stereocenters. The number of hydroxylamine groups is 1. The maximum atomic E-state index is 12.5. The minimum Gasteiger partial charge on any atom is -0.334 e. The lowest BCUT2D eigenvalue weighted by Crippen LogP contribution is -2.28. The molecule has 31 heavy (non-hydrogen) atoms. The van der Waals surface area contributed by atoms with Crippen LogP contribution >= 0.6 is 34.8 Å². The van der Waals surface area contributed by atoms with Gasteiger partial charge in [-0.15, -0.1) is 0 Å². The molecule has 162 valence electrons. The average Bonchev–Trinajstić information content (AvgIpc) is 3.11. The third-order valence-corrected chi connectivity index (χ3v) is 5.14. The van der Waals surface area contributed by atoms with Crippen LogP contribution < -0.4 is 5.48 Å². The van der Waals surface area contributed by atoms with Crippen molar-refractivity contribution in [3.05, 3.63) is 80.6 Å². The lowest BCUT2D eigenvalue weighted by molar-refractivity contribution is -0.129. The van der Waals surface area contributed by atoms with Crippen molar-refractivity contribution in [1.82, 2.24) is 15.3 Å². The number of halogens is 3. The van der Waals surface area contributed by atoms with Crippen LogP contribution in [0.2, 0.25) is 15.1 Å². The molecule has 0 fully saturated rings. The van der Waals surface area contributed by atoms with Crippen LogP contribution in [0.4, 0.5) is 0 Å². The van der Waals surface area contributed by atoms with Crippen LogP contribution in [-0.2, 0) is 21.5 Å². The van der Waals surface area contributed by atoms with Gasteiger partial charge in [0.25, 0.3) is 5.91 Å². The van der Waals surface area contributed by atoms with Crippen LogP contribution in [0.3, 0.4) is 0 Å². The zero-order valence-electron chi connectivity index (χ0n) is 17.1. The van der Waals surface area contributed by atoms with Crippen molar-refractivity contribution in [2.45, 2.75) is 32.6 Å². The number of aromatic nitrogens is 2. The Labute approximate surface area is 195 Å². The van der Waals surface area contributed by atoms with Gasteiger partial charge in [-0.25, -0.2) is 9.48 Å². The van der Waals surface area contributed by atoms with Gasteiger partial charge < -0.3 is 4.84 Å². The summed E-state index contributed by atoms with van der Waals surface area (Å²) in [6.45, 7) is 5.86. The van der Waals surface area contributed by atoms with E-state index in [-0.39, 0.29) is 22.2 Å². The molecule has 0 aliphatic rings. The minimum atomic E-state index is -0.813. The fourth-order valence-electron chi connectivity index (χ4n) is 2.90. The van der Waals surface area contributed by atoms with Gasteiger partial charge in [-0.2, -0.15) is 10.6 Å². The molecule has 0 atom stereocenters. The molecule has 0 aliphatic carbocycles. The van der Waals surface area contributed by atoms with Gasteiger partial charge in [-0.3, -0.25) is 4.79 Å². The van der Waals surface area contributed by atoms with Crippen LogP contribution in [0.15, 0.2) is 48.5 Å². The van der Waals surface area contributed by atoms with Gasteiger partial charge in [-0.1, -0.05) is 85.9 Å². The fourth-order valence-corrected chi connectivity index (χ4v) is 3.87. The van der Waals surface area contributed by atoms with Crippen LogP contribution in [0.25, 0.3) is 5.69 Å². The number of nitrogens with zero attached hydrogens (tertiary/aromatic N) is 2. The second-order valence-corrected chi connectivity index (χ2v) is 9.12. The highest BCUT2D eigenvalue weighted by atomic mass is 35.5. The van der Waals surface area contributed by atoms with Crippen molar-refractivity contribution in [3.63, 3.8) is 0 Å². The Morgan fingerprint density at radius 2 is 1.65 bits per heavy atom. The zero-order valence-corrected chi connectivity index (χ0v) is 19.3. The average molecular weight is 481 g/mol. The molecule has 1 amide bonds. The Balaban J connectivity index is 1.84. The van der Waals surface area contributed by atoms with Gasteiger partial charge in [-0.05, 0) is 23.8 Å². The molecule has 1 N–H and O–H groups in total. The van der Waals surface area contributed by atoms with E-state index in [0.717, 1.165) is 5.56 Å². The van der Waals surface area contributed by atoms with Crippen LogP contribution in [0, 0.1) is 0 Å². The van der Waals surface area contributed by atoms with E-state index in [0.29, 0.717) is 16.4 Å². The number of carbonyl (C=O) groups excluding carboxylic acids is 2. The van der Waals surface area contributed by atoms with Gasteiger partial charge in [0, 0.05) is 10.4 Å². The highest BCUT2D eigenvalue weighted by Crippen LogP contribution is 2.35. The van der Waals surface area contributed by atoms with Crippen molar-refractivity contribution in [3.8, 4) is 5.69 Å². The summed E-state index contributed by atoms with van der Waals surface area (Å²) in [5.74, 6) is -1.27. The molecule has 0 saturated heterocycles. The Hall–Kier alpha value is -2.54. The van der Waals surface area contributed by atoms with E-state index in [1.54, 1.807) is 30.3 Å². The summed E-state index contributed by atoms with van der Waals surface area (Å²) in [7, 11) is 0. The molecule has 0 radical (unpaired) electrons. The summed E-state index contributed by atoms with van der Waals surface area (Å²) in [6, 6.07) is 13.8. The molecule has 9 heteroatoms. The van der Waals surface area contributed by atoms with Crippen molar-refractivity contribution in [2.24, 2.45) is 0 Å². The van der Waals surface area contributed by atoms with E-state index in [1.807, 2.05) is 39.0 Å². The maximum Gasteiger partial charge on any atom is 0.383 e. The van der Waals surface area contributed by atoms with Crippen LogP contribution in [0.1, 0.15) is 42.5 Å². The van der Waals surface area contributed by atoms with E-state index in [4.69, 9.17) is 39.6 Å². The smallest absolute Gasteiger partial charge is 0.334 e. The molecule has 2 aromatic carbocycles. The Kier molecular flexibility index (Phi) is 6.94. The van der Waals surface area contributed by atoms with E-state index >= 15 is 0 Å². The third-order valence-electron chi connectivity index (χ3n) is 4.35. The Bertz CT molecular complexity index is 1100. The number of rotatable bonds is 4. The lowest BCUT2D eigenvalue weighted by atomic mass is 9.91. The van der Waals surface area contributed by atoms with E-state index < -0.39 is 17.3 Å². The van der Waals surface area contributed by atoms with Crippen molar-refractivity contribution >= 4 is 46.7 Å². The molecule has 1 heterocycles. The first-order valence-electron chi connectivity index (χ1n) is 9.35. The van der Waals surface area contributed by atoms with E-state index in [1.165, 1.54) is 4.68 Å². The van der Waals surface area contributed by atoms with Crippen LogP contribution in [-0.4, -0.2) is 21.7 Å².